The van der Waals surface area contributed by atoms with E-state index in [4.69, 9.17) is 15.8 Å². The molecule has 4 bridgehead atoms. The van der Waals surface area contributed by atoms with E-state index in [1.807, 2.05) is 13.8 Å². The molecule has 2 saturated carbocycles. The van der Waals surface area contributed by atoms with Crippen LogP contribution in [0.3, 0.4) is 0 Å². The molecule has 14 heteroatoms. The van der Waals surface area contributed by atoms with Gasteiger partial charge in [0, 0.05) is 30.6 Å². The maximum Gasteiger partial charge on any atom is 0.251 e. The smallest absolute Gasteiger partial charge is 0.251 e. The zero-order valence-corrected chi connectivity index (χ0v) is 33.9. The van der Waals surface area contributed by atoms with Gasteiger partial charge in [-0.2, -0.15) is 10.2 Å². The molecule has 5 atom stereocenters. The summed E-state index contributed by atoms with van der Waals surface area (Å²) in [7, 11) is 1.53. The second-order valence-electron chi connectivity index (χ2n) is 17.9. The maximum atomic E-state index is 17.6. The Kier molecular flexibility index (Phi) is 8.28. The van der Waals surface area contributed by atoms with Crippen LogP contribution in [0.5, 0.6) is 0 Å². The molecule has 3 N–H and O–H groups in total. The predicted molar refractivity (Wildman–Crippen MR) is 216 cm³/mol. The van der Waals surface area contributed by atoms with Gasteiger partial charge in [0.05, 0.1) is 56.1 Å². The number of nitrogens with one attached hydrogen (secondary N) is 1. The molecular formula is C47H40F4N8O2. The van der Waals surface area contributed by atoms with E-state index in [9.17, 15) is 9.59 Å². The minimum Gasteiger partial charge on any atom is -0.366 e. The van der Waals surface area contributed by atoms with Crippen molar-refractivity contribution in [2.45, 2.75) is 75.5 Å². The van der Waals surface area contributed by atoms with Crippen molar-refractivity contribution in [1.82, 2.24) is 35.7 Å². The summed E-state index contributed by atoms with van der Waals surface area (Å²) in [5.41, 5.74) is 6.61. The number of carbonyl (C=O) groups excluding carboxylic acids is 2. The molecule has 4 aromatic heterocycles. The van der Waals surface area contributed by atoms with Crippen LogP contribution in [0.4, 0.5) is 17.6 Å². The van der Waals surface area contributed by atoms with E-state index < -0.39 is 62.7 Å². The van der Waals surface area contributed by atoms with Gasteiger partial charge in [-0.3, -0.25) is 19.6 Å². The summed E-state index contributed by atoms with van der Waals surface area (Å²) in [6.07, 6.45) is 4.79. The van der Waals surface area contributed by atoms with Gasteiger partial charge in [0.25, 0.3) is 5.91 Å². The number of halogens is 4. The van der Waals surface area contributed by atoms with Gasteiger partial charge in [-0.1, -0.05) is 39.8 Å². The van der Waals surface area contributed by atoms with Gasteiger partial charge in [0.2, 0.25) is 5.91 Å². The number of hydrogen-bond donors (Lipinski definition) is 2. The highest BCUT2D eigenvalue weighted by Crippen LogP contribution is 2.74. The number of primary amides is 1. The molecule has 0 radical (unpaired) electrons. The van der Waals surface area contributed by atoms with Crippen LogP contribution in [-0.4, -0.2) is 49.2 Å². The van der Waals surface area contributed by atoms with Crippen molar-refractivity contribution in [2.24, 2.45) is 16.6 Å². The molecule has 0 saturated heterocycles. The topological polar surface area (TPSA) is 150 Å². The van der Waals surface area contributed by atoms with Gasteiger partial charge in [0.1, 0.15) is 23.3 Å². The quantitative estimate of drug-likeness (QED) is 0.153. The maximum absolute atomic E-state index is 17.6. The van der Waals surface area contributed by atoms with E-state index in [0.717, 1.165) is 24.1 Å². The molecule has 10 rings (SSSR count). The second-order valence-corrected chi connectivity index (χ2v) is 17.9. The Labute approximate surface area is 348 Å². The number of carbonyl (C=O) groups is 2. The predicted octanol–water partition coefficient (Wildman–Crippen LogP) is 8.21. The van der Waals surface area contributed by atoms with Crippen LogP contribution in [0.2, 0.25) is 0 Å². The van der Waals surface area contributed by atoms with Crippen molar-refractivity contribution in [3.05, 3.63) is 153 Å². The first-order chi connectivity index (χ1) is 29.1. The Morgan fingerprint density at radius 1 is 0.689 bits per heavy atom. The van der Waals surface area contributed by atoms with Crippen LogP contribution in [0.1, 0.15) is 125 Å². The Hall–Kier alpha value is -6.44. The number of aromatic nitrogens is 6. The van der Waals surface area contributed by atoms with Crippen molar-refractivity contribution < 1.29 is 27.2 Å². The minimum atomic E-state index is -1.06. The van der Waals surface area contributed by atoms with Gasteiger partial charge in [-0.05, 0) is 119 Å². The van der Waals surface area contributed by atoms with Crippen molar-refractivity contribution in [3.63, 3.8) is 0 Å². The largest absolute Gasteiger partial charge is 0.366 e. The lowest BCUT2D eigenvalue weighted by atomic mass is 9.66. The third-order valence-electron chi connectivity index (χ3n) is 14.9. The number of benzene rings is 2. The molecule has 4 heterocycles. The van der Waals surface area contributed by atoms with Crippen molar-refractivity contribution in [3.8, 4) is 22.5 Å². The first-order valence-corrected chi connectivity index (χ1v) is 20.2. The van der Waals surface area contributed by atoms with Crippen LogP contribution in [0, 0.1) is 34.1 Å². The molecular weight excluding hydrogens is 785 g/mol. The number of fused-ring (bicyclic) bond motifs is 10. The molecule has 2 amide bonds. The summed E-state index contributed by atoms with van der Waals surface area (Å²) in [6, 6.07) is 16.1. The van der Waals surface area contributed by atoms with Crippen molar-refractivity contribution >= 4 is 11.8 Å². The Morgan fingerprint density at radius 2 is 1.28 bits per heavy atom. The van der Waals surface area contributed by atoms with E-state index >= 15 is 17.6 Å². The zero-order valence-electron chi connectivity index (χ0n) is 33.9. The van der Waals surface area contributed by atoms with E-state index in [-0.39, 0.29) is 46.3 Å². The minimum absolute atomic E-state index is 0.0288. The summed E-state index contributed by atoms with van der Waals surface area (Å²) in [5, 5.41) is 20.9. The van der Waals surface area contributed by atoms with Gasteiger partial charge in [0.15, 0.2) is 0 Å². The molecule has 10 nitrogen and oxygen atoms in total. The lowest BCUT2D eigenvalue weighted by Gasteiger charge is -2.37. The molecule has 4 aliphatic rings. The first-order valence-electron chi connectivity index (χ1n) is 20.2. The third-order valence-corrected chi connectivity index (χ3v) is 14.9. The molecule has 6 aromatic rings. The highest BCUT2D eigenvalue weighted by Gasteiger charge is 2.69. The number of pyridine rings is 2. The summed E-state index contributed by atoms with van der Waals surface area (Å²) in [4.78, 5) is 34.6. The van der Waals surface area contributed by atoms with Crippen LogP contribution in [0.15, 0.2) is 79.1 Å². The number of nitrogens with two attached hydrogens (primary N) is 1. The summed E-state index contributed by atoms with van der Waals surface area (Å²) >= 11 is 0. The third kappa shape index (κ3) is 4.95. The van der Waals surface area contributed by atoms with Crippen LogP contribution in [-0.2, 0) is 10.8 Å². The SMILES string of the molecule is CNC(=O)c1ccnc([C@@]23CC(c4ccc(F)c(-c5cc6c(nn5)[C@@]5(c7cc(C(N)=O)ccn7)CC[C@@H]6C5(C)C)c4F)[C@@H](c4cc(-c5c(F)cccc5F)nnc42)C3(C)C)c1. The molecule has 4 aliphatic carbocycles. The average molecular weight is 825 g/mol. The van der Waals surface area contributed by atoms with E-state index in [2.05, 4.69) is 39.4 Å². The lowest BCUT2D eigenvalue weighted by molar-refractivity contribution is 0.0960. The first kappa shape index (κ1) is 38.7. The normalized spacial score (nSPS) is 24.7. The van der Waals surface area contributed by atoms with Crippen LogP contribution < -0.4 is 11.1 Å². The molecule has 308 valence electrons. The fourth-order valence-electron chi connectivity index (χ4n) is 12.0. The highest BCUT2D eigenvalue weighted by molar-refractivity contribution is 5.94. The molecule has 61 heavy (non-hydrogen) atoms. The van der Waals surface area contributed by atoms with Crippen LogP contribution in [0.25, 0.3) is 22.5 Å². The van der Waals surface area contributed by atoms with Crippen LogP contribution >= 0.6 is 0 Å². The molecule has 2 fully saturated rings. The lowest BCUT2D eigenvalue weighted by Crippen LogP contribution is -2.38. The number of rotatable bonds is 7. The number of nitrogens with zero attached hydrogens (tertiary/aromatic N) is 6. The molecule has 1 unspecified atom stereocenters. The second kappa shape index (κ2) is 13.0. The van der Waals surface area contributed by atoms with Gasteiger partial charge < -0.3 is 11.1 Å². The average Bonchev–Trinajstić information content (AvgIpc) is 3.80. The molecule has 2 aromatic carbocycles. The summed E-state index contributed by atoms with van der Waals surface area (Å²) < 4.78 is 64.3. The summed E-state index contributed by atoms with van der Waals surface area (Å²) in [6.45, 7) is 8.25. The van der Waals surface area contributed by atoms with Gasteiger partial charge >= 0.3 is 0 Å². The van der Waals surface area contributed by atoms with Crippen molar-refractivity contribution in [1.29, 1.82) is 0 Å². The van der Waals surface area contributed by atoms with E-state index in [0.29, 0.717) is 45.9 Å². The fraction of sp³-hybridized carbons (Fsp3) is 0.319. The summed E-state index contributed by atoms with van der Waals surface area (Å²) in [5.74, 6) is -5.36. The molecule has 0 spiro atoms. The number of hydrogen-bond acceptors (Lipinski definition) is 8. The Balaban J connectivity index is 1.13. The molecule has 0 aliphatic heterocycles. The van der Waals surface area contributed by atoms with Gasteiger partial charge in [-0.25, -0.2) is 17.6 Å². The zero-order chi connectivity index (χ0) is 43.0. The van der Waals surface area contributed by atoms with E-state index in [1.54, 1.807) is 42.6 Å². The Morgan fingerprint density at radius 3 is 1.95 bits per heavy atom. The Bertz CT molecular complexity index is 2880. The fourth-order valence-corrected chi connectivity index (χ4v) is 12.0. The van der Waals surface area contributed by atoms with E-state index in [1.165, 1.54) is 31.4 Å². The van der Waals surface area contributed by atoms with Gasteiger partial charge in [-0.15, -0.1) is 10.2 Å². The monoisotopic (exact) mass is 824 g/mol. The standard InChI is InChI=1S/C47H40F4N8O2/c1-44(2)28-11-14-46(44,34-17-22(42(52)60)12-15-54-34)40-25(28)19-33(57-58-40)37-31(50)10-9-24(39(37)51)27-21-47(35-18-23(13-16-55-35)43(61)53-5)41-26(38(27)45(47,3)4)20-32(56-59-41)36-29(48)7-6-8-30(36)49/h6-10,12-13,15-20,27-28,38H,11,14,21H2,1-5H3,(H2,52,60)(H,53,61)/t27?,28-,38+,46-,47-/m0/s1. The van der Waals surface area contributed by atoms with Crippen molar-refractivity contribution in [2.75, 3.05) is 7.05 Å². The number of amides is 2. The highest BCUT2D eigenvalue weighted by atomic mass is 19.1.